The van der Waals surface area contributed by atoms with Crippen LogP contribution in [-0.4, -0.2) is 7.25 Å². The Labute approximate surface area is 58.0 Å². The van der Waals surface area contributed by atoms with Gasteiger partial charge in [0.05, 0.1) is 0 Å². The molecule has 0 rings (SSSR count). The van der Waals surface area contributed by atoms with E-state index in [0.717, 1.165) is 6.42 Å². The monoisotopic (exact) mass is 157 g/mol. The molecule has 0 nitrogen and oxygen atoms in total. The molecule has 0 N–H and O–H groups in total. The molecule has 0 atom stereocenters. The van der Waals surface area contributed by atoms with Crippen LogP contribution in [0.15, 0.2) is 12.2 Å². The molecular weight excluding hydrogens is 147 g/mol. The Morgan fingerprint density at radius 2 is 1.50 bits per heavy atom. The summed E-state index contributed by atoms with van der Waals surface area (Å²) in [6.45, 7) is 4.16. The highest BCUT2D eigenvalue weighted by atomic mass is 19.5. The van der Waals surface area contributed by atoms with E-state index in [2.05, 4.69) is 19.1 Å². The fraction of sp³-hybridized carbons (Fsp3) is 0.600. The first-order valence-electron chi connectivity index (χ1n) is 2.90. The van der Waals surface area contributed by atoms with Gasteiger partial charge in [-0.1, -0.05) is 19.1 Å². The molecule has 0 aromatic heterocycles. The maximum absolute atomic E-state index is 9.75. The first-order valence-corrected chi connectivity index (χ1v) is 2.90. The van der Waals surface area contributed by atoms with Crippen molar-refractivity contribution in [2.45, 2.75) is 20.3 Å². The van der Waals surface area contributed by atoms with Crippen LogP contribution in [0.5, 0.6) is 0 Å². The van der Waals surface area contributed by atoms with Gasteiger partial charge in [0.2, 0.25) is 0 Å². The van der Waals surface area contributed by atoms with Gasteiger partial charge in [-0.2, -0.15) is 0 Å². The number of rotatable bonds is 1. The van der Waals surface area contributed by atoms with Gasteiger partial charge in [-0.3, -0.25) is 0 Å². The second kappa shape index (κ2) is 6.64. The van der Waals surface area contributed by atoms with E-state index in [1.54, 1.807) is 0 Å². The molecule has 0 aliphatic rings. The van der Waals surface area contributed by atoms with Crippen molar-refractivity contribution in [1.29, 1.82) is 0 Å². The summed E-state index contributed by atoms with van der Waals surface area (Å²) in [5.74, 6) is 0. The number of hydrogen-bond acceptors (Lipinski definition) is 0. The first-order chi connectivity index (χ1) is 4.41. The van der Waals surface area contributed by atoms with Crippen molar-refractivity contribution < 1.29 is 17.3 Å². The molecule has 5 heteroatoms. The fourth-order valence-corrected chi connectivity index (χ4v) is 0.236. The third kappa shape index (κ3) is 138. The van der Waals surface area contributed by atoms with Gasteiger partial charge in [0.15, 0.2) is 0 Å². The molecule has 0 unspecified atom stereocenters. The third-order valence-corrected chi connectivity index (χ3v) is 0.471. The lowest BCUT2D eigenvalue weighted by molar-refractivity contribution is 0.368. The molecule has 0 bridgehead atoms. The summed E-state index contributed by atoms with van der Waals surface area (Å²) < 4.78 is 39.0. The zero-order valence-corrected chi connectivity index (χ0v) is 5.95. The fourth-order valence-electron chi connectivity index (χ4n) is 0.236. The molecule has 10 heavy (non-hydrogen) atoms. The predicted molar refractivity (Wildman–Crippen MR) is 35.3 cm³/mol. The minimum atomic E-state index is -6.00. The normalized spacial score (nSPS) is 11.0. The van der Waals surface area contributed by atoms with E-state index in [-0.39, 0.29) is 0 Å². The van der Waals surface area contributed by atoms with E-state index in [9.17, 15) is 17.3 Å². The molecule has 0 radical (unpaired) electrons. The van der Waals surface area contributed by atoms with Crippen LogP contribution in [-0.2, 0) is 0 Å². The molecule has 0 saturated heterocycles. The van der Waals surface area contributed by atoms with E-state index in [1.807, 2.05) is 6.92 Å². The molecule has 0 aromatic carbocycles. The van der Waals surface area contributed by atoms with E-state index in [0.29, 0.717) is 0 Å². The largest absolute Gasteiger partial charge is 0.673 e. The minimum absolute atomic E-state index is 1.16. The molecule has 62 valence electrons. The number of halogens is 4. The Morgan fingerprint density at radius 3 is 1.50 bits per heavy atom. The molecule has 0 heterocycles. The van der Waals surface area contributed by atoms with Gasteiger partial charge >= 0.3 is 7.25 Å². The molecule has 0 fully saturated rings. The summed E-state index contributed by atoms with van der Waals surface area (Å²) in [5, 5.41) is 0. The summed E-state index contributed by atoms with van der Waals surface area (Å²) >= 11 is 0. The summed E-state index contributed by atoms with van der Waals surface area (Å²) in [4.78, 5) is 0. The molecule has 0 aliphatic carbocycles. The quantitative estimate of drug-likeness (QED) is 0.311. The third-order valence-electron chi connectivity index (χ3n) is 0.471. The molecule has 0 aliphatic heterocycles. The second-order valence-corrected chi connectivity index (χ2v) is 1.47. The van der Waals surface area contributed by atoms with Gasteiger partial charge < -0.3 is 17.3 Å². The van der Waals surface area contributed by atoms with Crippen LogP contribution in [0.1, 0.15) is 20.3 Å². The Kier molecular flexibility index (Phi) is 8.12. The highest BCUT2D eigenvalue weighted by molar-refractivity contribution is 6.50. The van der Waals surface area contributed by atoms with E-state index < -0.39 is 7.25 Å². The lowest BCUT2D eigenvalue weighted by Crippen LogP contribution is -2.02. The van der Waals surface area contributed by atoms with Crippen LogP contribution in [0.4, 0.5) is 17.3 Å². The van der Waals surface area contributed by atoms with E-state index in [1.165, 1.54) is 0 Å². The maximum atomic E-state index is 9.75. The van der Waals surface area contributed by atoms with Gasteiger partial charge in [0.1, 0.15) is 0 Å². The SMILES string of the molecule is CC=CCC.F[B-](F)(F)F. The lowest BCUT2D eigenvalue weighted by atomic mass is 10.3. The topological polar surface area (TPSA) is 0 Å². The average molecular weight is 157 g/mol. The molecule has 0 amide bonds. The van der Waals surface area contributed by atoms with Crippen LogP contribution >= 0.6 is 0 Å². The highest BCUT2D eigenvalue weighted by Gasteiger charge is 2.20. The van der Waals surface area contributed by atoms with Crippen molar-refractivity contribution in [3.05, 3.63) is 12.2 Å². The van der Waals surface area contributed by atoms with Crippen LogP contribution in [0.3, 0.4) is 0 Å². The van der Waals surface area contributed by atoms with Crippen LogP contribution < -0.4 is 0 Å². The summed E-state index contributed by atoms with van der Waals surface area (Å²) in [6.07, 6.45) is 5.34. The average Bonchev–Trinajstić information content (AvgIpc) is 1.63. The highest BCUT2D eigenvalue weighted by Crippen LogP contribution is 2.06. The Bertz CT molecular complexity index is 80.1. The lowest BCUT2D eigenvalue weighted by Gasteiger charge is -1.94. The van der Waals surface area contributed by atoms with Crippen LogP contribution in [0, 0.1) is 0 Å². The van der Waals surface area contributed by atoms with Crippen molar-refractivity contribution in [1.82, 2.24) is 0 Å². The van der Waals surface area contributed by atoms with Crippen molar-refractivity contribution in [2.75, 3.05) is 0 Å². The van der Waals surface area contributed by atoms with Crippen LogP contribution in [0.2, 0.25) is 0 Å². The van der Waals surface area contributed by atoms with Gasteiger partial charge in [-0.05, 0) is 13.3 Å². The van der Waals surface area contributed by atoms with Gasteiger partial charge in [-0.15, -0.1) is 0 Å². The molecule has 0 spiro atoms. The minimum Gasteiger partial charge on any atom is -0.418 e. The Hall–Kier alpha value is -0.475. The van der Waals surface area contributed by atoms with Gasteiger partial charge in [-0.25, -0.2) is 0 Å². The van der Waals surface area contributed by atoms with Crippen LogP contribution in [0.25, 0.3) is 0 Å². The second-order valence-electron chi connectivity index (χ2n) is 1.47. The summed E-state index contributed by atoms with van der Waals surface area (Å²) in [6, 6.07) is 0. The van der Waals surface area contributed by atoms with Crippen molar-refractivity contribution in [2.24, 2.45) is 0 Å². The van der Waals surface area contributed by atoms with Crippen molar-refractivity contribution in [3.63, 3.8) is 0 Å². The van der Waals surface area contributed by atoms with Gasteiger partial charge in [0, 0.05) is 0 Å². The molecular formula is C5H10BF4-. The maximum Gasteiger partial charge on any atom is 0.673 e. The Balaban J connectivity index is 0. The first kappa shape index (κ1) is 12.2. The zero-order valence-electron chi connectivity index (χ0n) is 5.95. The van der Waals surface area contributed by atoms with Crippen molar-refractivity contribution >= 4 is 7.25 Å². The van der Waals surface area contributed by atoms with Crippen molar-refractivity contribution in [3.8, 4) is 0 Å². The molecule has 0 aromatic rings. The smallest absolute Gasteiger partial charge is 0.418 e. The number of hydrogen-bond donors (Lipinski definition) is 0. The summed E-state index contributed by atoms with van der Waals surface area (Å²) in [5.41, 5.74) is 0. The Morgan fingerprint density at radius 1 is 1.20 bits per heavy atom. The zero-order chi connectivity index (χ0) is 8.62. The standard InChI is InChI=1S/C5H10.BF4/c1-3-5-4-2;2-1(3,4)5/h3,5H,4H2,1-2H3;/q;-1. The van der Waals surface area contributed by atoms with Gasteiger partial charge in [0.25, 0.3) is 0 Å². The predicted octanol–water partition coefficient (Wildman–Crippen LogP) is 3.27. The number of allylic oxidation sites excluding steroid dienone is 2. The van der Waals surface area contributed by atoms with E-state index >= 15 is 0 Å². The molecule has 0 saturated carbocycles. The van der Waals surface area contributed by atoms with E-state index in [4.69, 9.17) is 0 Å². The summed E-state index contributed by atoms with van der Waals surface area (Å²) in [7, 11) is -6.00.